The molecule has 0 aliphatic heterocycles. The Balaban J connectivity index is 0. The lowest BCUT2D eigenvalue weighted by molar-refractivity contribution is -0.115. The van der Waals surface area contributed by atoms with Gasteiger partial charge in [-0.2, -0.15) is 0 Å². The highest BCUT2D eigenvalue weighted by Gasteiger charge is 2.08. The van der Waals surface area contributed by atoms with Gasteiger partial charge in [-0.05, 0) is 115 Å². The molecular weight excluding hydrogens is 660 g/mol. The van der Waals surface area contributed by atoms with Crippen LogP contribution in [0.25, 0.3) is 11.1 Å². The van der Waals surface area contributed by atoms with Crippen LogP contribution in [-0.4, -0.2) is 39.0 Å². The maximum atomic E-state index is 12.2. The Hall–Kier alpha value is -3.58. The van der Waals surface area contributed by atoms with Gasteiger partial charge >= 0.3 is 0 Å². The number of rotatable bonds is 5. The molecule has 0 bridgehead atoms. The number of hydrogen-bond acceptors (Lipinski definition) is 4. The second-order valence-electron chi connectivity index (χ2n) is 11.5. The van der Waals surface area contributed by atoms with Gasteiger partial charge in [0.25, 0.3) is 0 Å². The van der Waals surface area contributed by atoms with Gasteiger partial charge in [-0.1, -0.05) is 115 Å². The molecule has 2 N–H and O–H groups in total. The van der Waals surface area contributed by atoms with Crippen molar-refractivity contribution < 1.29 is 14.3 Å². The van der Waals surface area contributed by atoms with Crippen LogP contribution in [0.5, 0.6) is 0 Å². The number of ether oxygens (including phenoxy) is 1. The third kappa shape index (κ3) is 20.6. The van der Waals surface area contributed by atoms with Gasteiger partial charge in [0.15, 0.2) is 0 Å². The van der Waals surface area contributed by atoms with Gasteiger partial charge in [0.1, 0.15) is 6.29 Å². The Bertz CT molecular complexity index is 1400. The first kappa shape index (κ1) is 46.5. The highest BCUT2D eigenvalue weighted by atomic mass is 79.9. The van der Waals surface area contributed by atoms with Gasteiger partial charge in [-0.3, -0.25) is 9.59 Å². The summed E-state index contributed by atoms with van der Waals surface area (Å²) in [5.74, 6) is -0.0113. The lowest BCUT2D eigenvalue weighted by Gasteiger charge is -2.14. The van der Waals surface area contributed by atoms with Crippen molar-refractivity contribution in [3.63, 3.8) is 0 Å². The summed E-state index contributed by atoms with van der Waals surface area (Å²) in [5.41, 5.74) is 10.0. The fraction of sp³-hybridized carbons (Fsp3) is 0.381. The van der Waals surface area contributed by atoms with Gasteiger partial charge < -0.3 is 15.4 Å². The van der Waals surface area contributed by atoms with E-state index in [4.69, 9.17) is 4.74 Å². The molecule has 0 spiro atoms. The monoisotopic (exact) mass is 720 g/mol. The minimum Gasteiger partial charge on any atom is -0.379 e. The molecule has 0 saturated heterocycles. The smallest absolute Gasteiger partial charge is 0.228 e. The molecule has 0 aromatic heterocycles. The number of carbonyl (C=O) groups is 2. The zero-order chi connectivity index (χ0) is 37.3. The van der Waals surface area contributed by atoms with Crippen molar-refractivity contribution in [2.24, 2.45) is 0 Å². The Labute approximate surface area is 301 Å². The predicted octanol–water partition coefficient (Wildman–Crippen LogP) is 11.3. The van der Waals surface area contributed by atoms with E-state index in [1.54, 1.807) is 7.11 Å². The van der Waals surface area contributed by atoms with Crippen LogP contribution >= 0.6 is 15.9 Å². The third-order valence-corrected chi connectivity index (χ3v) is 6.77. The lowest BCUT2D eigenvalue weighted by atomic mass is 9.94. The van der Waals surface area contributed by atoms with Gasteiger partial charge in [0.2, 0.25) is 5.91 Å². The maximum absolute atomic E-state index is 12.2. The standard InChI is InChI=1S/C23H22BrNO.C8H8O.C5H12O.C2H7N.2C2H6/c1-15-12-16(2)23(17(3)13-15)19-6-10-21(11-7-19)25-22(26)14-18-4-8-20(24)9-5-18;1-7-2-4-8(6-9)5-3-7;1-5(2,3)6-4;1-3-2;2*1-2/h4-13H,14H2,1-3H3,(H,25,26);2-6H,1H3;1-4H3;3H,1-2H3;2*1-2H3. The maximum Gasteiger partial charge on any atom is 0.228 e. The van der Waals surface area contributed by atoms with E-state index in [0.717, 1.165) is 27.6 Å². The topological polar surface area (TPSA) is 67.4 Å². The molecule has 0 saturated carbocycles. The number of aldehydes is 1. The Morgan fingerprint density at radius 1 is 0.750 bits per heavy atom. The van der Waals surface area contributed by atoms with Crippen molar-refractivity contribution in [2.75, 3.05) is 26.5 Å². The fourth-order valence-corrected chi connectivity index (χ4v) is 4.26. The first-order valence-corrected chi connectivity index (χ1v) is 17.4. The number of methoxy groups -OCH3 is 1. The third-order valence-electron chi connectivity index (χ3n) is 6.24. The van der Waals surface area contributed by atoms with Crippen LogP contribution < -0.4 is 10.6 Å². The largest absolute Gasteiger partial charge is 0.379 e. The number of carbonyl (C=O) groups excluding carboxylic acids is 2. The summed E-state index contributed by atoms with van der Waals surface area (Å²) in [4.78, 5) is 22.4. The zero-order valence-corrected chi connectivity index (χ0v) is 33.6. The van der Waals surface area contributed by atoms with E-state index < -0.39 is 0 Å². The van der Waals surface area contributed by atoms with Crippen molar-refractivity contribution in [1.82, 2.24) is 5.32 Å². The summed E-state index contributed by atoms with van der Waals surface area (Å²) in [7, 11) is 5.46. The quantitative estimate of drug-likeness (QED) is 0.201. The van der Waals surface area contributed by atoms with Crippen LogP contribution in [0, 0.1) is 27.7 Å². The molecule has 0 aliphatic carbocycles. The van der Waals surface area contributed by atoms with Gasteiger partial charge in [-0.25, -0.2) is 0 Å². The van der Waals surface area contributed by atoms with Crippen molar-refractivity contribution in [1.29, 1.82) is 0 Å². The number of anilines is 1. The van der Waals surface area contributed by atoms with Crippen molar-refractivity contribution in [2.45, 2.75) is 88.2 Å². The van der Waals surface area contributed by atoms with E-state index in [1.807, 2.05) is 130 Å². The molecule has 5 nitrogen and oxygen atoms in total. The molecule has 0 atom stereocenters. The van der Waals surface area contributed by atoms with Crippen molar-refractivity contribution in [3.8, 4) is 11.1 Å². The summed E-state index contributed by atoms with van der Waals surface area (Å²) < 4.78 is 5.95. The first-order valence-electron chi connectivity index (χ1n) is 16.6. The van der Waals surface area contributed by atoms with Crippen LogP contribution in [0.2, 0.25) is 0 Å². The molecule has 264 valence electrons. The average Bonchev–Trinajstić information content (AvgIpc) is 3.05. The minimum atomic E-state index is -0.0113. The van der Waals surface area contributed by atoms with Crippen LogP contribution in [0.3, 0.4) is 0 Å². The molecule has 4 aromatic rings. The molecule has 1 amide bonds. The van der Waals surface area contributed by atoms with Crippen molar-refractivity contribution in [3.05, 3.63) is 123 Å². The summed E-state index contributed by atoms with van der Waals surface area (Å²) in [6.07, 6.45) is 1.21. The fourth-order valence-electron chi connectivity index (χ4n) is 3.99. The molecular formula is C42H61BrN2O3. The SMILES string of the molecule is CC.CC.CNC.COC(C)(C)C.Cc1cc(C)c(-c2ccc(NC(=O)Cc3ccc(Br)cc3)cc2)c(C)c1.Cc1ccc(C=O)cc1. The summed E-state index contributed by atoms with van der Waals surface area (Å²) in [6, 6.07) is 27.7. The second-order valence-corrected chi connectivity index (χ2v) is 12.5. The Kier molecular flexibility index (Phi) is 25.6. The van der Waals surface area contributed by atoms with E-state index in [2.05, 4.69) is 71.6 Å². The molecule has 4 rings (SSSR count). The minimum absolute atomic E-state index is 0.0113. The average molecular weight is 722 g/mol. The summed E-state index contributed by atoms with van der Waals surface area (Å²) in [5, 5.41) is 5.72. The number of aryl methyl sites for hydroxylation is 4. The molecule has 0 radical (unpaired) electrons. The Morgan fingerprint density at radius 2 is 1.19 bits per heavy atom. The first-order chi connectivity index (χ1) is 22.7. The Morgan fingerprint density at radius 3 is 1.58 bits per heavy atom. The molecule has 0 aliphatic rings. The molecule has 4 aromatic carbocycles. The number of halogens is 1. The van der Waals surface area contributed by atoms with Gasteiger partial charge in [0.05, 0.1) is 12.0 Å². The van der Waals surface area contributed by atoms with E-state index in [1.165, 1.54) is 33.4 Å². The number of nitrogens with one attached hydrogen (secondary N) is 2. The summed E-state index contributed by atoms with van der Waals surface area (Å²) >= 11 is 3.40. The van der Waals surface area contributed by atoms with Crippen LogP contribution in [0.1, 0.15) is 86.6 Å². The van der Waals surface area contributed by atoms with Crippen LogP contribution in [0.4, 0.5) is 5.69 Å². The second kappa shape index (κ2) is 26.4. The van der Waals surface area contributed by atoms with Crippen molar-refractivity contribution >= 4 is 33.8 Å². The molecule has 48 heavy (non-hydrogen) atoms. The van der Waals surface area contributed by atoms with Crippen LogP contribution in [0.15, 0.2) is 89.4 Å². The normalized spacial score (nSPS) is 9.56. The highest BCUT2D eigenvalue weighted by Crippen LogP contribution is 2.29. The van der Waals surface area contributed by atoms with Crippen LogP contribution in [-0.2, 0) is 16.0 Å². The highest BCUT2D eigenvalue weighted by molar-refractivity contribution is 9.10. The van der Waals surface area contributed by atoms with E-state index >= 15 is 0 Å². The molecule has 0 unspecified atom stereocenters. The predicted molar refractivity (Wildman–Crippen MR) is 214 cm³/mol. The van der Waals surface area contributed by atoms with E-state index in [0.29, 0.717) is 6.42 Å². The van der Waals surface area contributed by atoms with Gasteiger partial charge in [0, 0.05) is 22.8 Å². The van der Waals surface area contributed by atoms with Gasteiger partial charge in [-0.15, -0.1) is 0 Å². The number of benzene rings is 4. The lowest BCUT2D eigenvalue weighted by Crippen LogP contribution is -2.15. The van der Waals surface area contributed by atoms with E-state index in [-0.39, 0.29) is 11.5 Å². The molecule has 6 heteroatoms. The van der Waals surface area contributed by atoms with E-state index in [9.17, 15) is 9.59 Å². The summed E-state index contributed by atoms with van der Waals surface area (Å²) in [6.45, 7) is 22.5. The number of hydrogen-bond donors (Lipinski definition) is 2. The number of amides is 1. The zero-order valence-electron chi connectivity index (χ0n) is 32.0. The molecule has 0 fully saturated rings. The molecule has 0 heterocycles.